The van der Waals surface area contributed by atoms with E-state index in [2.05, 4.69) is 10.1 Å². The summed E-state index contributed by atoms with van der Waals surface area (Å²) >= 11 is 0. The van der Waals surface area contributed by atoms with Crippen LogP contribution in [0.15, 0.2) is 24.3 Å². The molecule has 0 spiro atoms. The predicted octanol–water partition coefficient (Wildman–Crippen LogP) is 2.93. The monoisotopic (exact) mass is 328 g/mol. The molecule has 0 aromatic heterocycles. The maximum Gasteiger partial charge on any atom is 0.305 e. The van der Waals surface area contributed by atoms with E-state index in [9.17, 15) is 9.59 Å². The minimum absolute atomic E-state index is 0. The van der Waals surface area contributed by atoms with Crippen LogP contribution in [0, 0.1) is 0 Å². The van der Waals surface area contributed by atoms with Crippen LogP contribution < -0.4 is 11.1 Å². The Hall–Kier alpha value is -1.75. The number of nitrogens with two attached hydrogens (primary N) is 1. The molecule has 5 nitrogen and oxygen atoms in total. The molecule has 0 atom stereocenters. The second kappa shape index (κ2) is 11.9. The number of esters is 1. The summed E-state index contributed by atoms with van der Waals surface area (Å²) in [5, 5.41) is 2.88. The van der Waals surface area contributed by atoms with Crippen molar-refractivity contribution in [3.63, 3.8) is 0 Å². The molecule has 0 saturated heterocycles. The Morgan fingerprint density at radius 1 is 1.14 bits per heavy atom. The molecule has 0 radical (unpaired) electrons. The lowest BCUT2D eigenvalue weighted by molar-refractivity contribution is -0.140. The van der Waals surface area contributed by atoms with E-state index in [-0.39, 0.29) is 24.3 Å². The number of ether oxygens (including phenoxy) is 1. The highest BCUT2D eigenvalue weighted by atomic mass is 35.5. The molecule has 124 valence electrons. The Kier molecular flexibility index (Phi) is 10.9. The first-order chi connectivity index (χ1) is 10.1. The molecule has 6 heteroatoms. The van der Waals surface area contributed by atoms with Gasteiger partial charge < -0.3 is 15.8 Å². The fraction of sp³-hybridized carbons (Fsp3) is 0.500. The van der Waals surface area contributed by atoms with Crippen LogP contribution >= 0.6 is 12.4 Å². The zero-order valence-corrected chi connectivity index (χ0v) is 13.8. The van der Waals surface area contributed by atoms with Gasteiger partial charge in [0.15, 0.2) is 0 Å². The van der Waals surface area contributed by atoms with Crippen molar-refractivity contribution in [3.8, 4) is 0 Å². The van der Waals surface area contributed by atoms with Gasteiger partial charge in [0.05, 0.1) is 7.11 Å². The van der Waals surface area contributed by atoms with Gasteiger partial charge >= 0.3 is 5.97 Å². The van der Waals surface area contributed by atoms with Crippen molar-refractivity contribution in [2.24, 2.45) is 0 Å². The molecule has 0 heterocycles. The Balaban J connectivity index is 0.00000441. The van der Waals surface area contributed by atoms with Gasteiger partial charge in [-0.3, -0.25) is 9.59 Å². The van der Waals surface area contributed by atoms with Gasteiger partial charge in [-0.25, -0.2) is 0 Å². The molecule has 0 fully saturated rings. The second-order valence-electron chi connectivity index (χ2n) is 4.98. The summed E-state index contributed by atoms with van der Waals surface area (Å²) in [6, 6.07) is 6.94. The van der Waals surface area contributed by atoms with E-state index in [4.69, 9.17) is 5.73 Å². The minimum Gasteiger partial charge on any atom is -0.469 e. The first-order valence-corrected chi connectivity index (χ1v) is 7.34. The van der Waals surface area contributed by atoms with Crippen LogP contribution in [0.4, 0.5) is 5.69 Å². The number of hydrogen-bond donors (Lipinski definition) is 2. The number of methoxy groups -OCH3 is 1. The number of nitrogen functional groups attached to an aromatic ring is 1. The highest BCUT2D eigenvalue weighted by Crippen LogP contribution is 2.07. The second-order valence-corrected chi connectivity index (χ2v) is 4.98. The molecule has 3 N–H and O–H groups in total. The van der Waals surface area contributed by atoms with Crippen LogP contribution in [0.5, 0.6) is 0 Å². The normalized spacial score (nSPS) is 9.68. The number of unbranched alkanes of at least 4 members (excludes halogenated alkanes) is 4. The van der Waals surface area contributed by atoms with Crippen LogP contribution in [0.3, 0.4) is 0 Å². The number of hydrogen-bond acceptors (Lipinski definition) is 4. The first kappa shape index (κ1) is 20.2. The van der Waals surface area contributed by atoms with E-state index in [0.29, 0.717) is 24.2 Å². The van der Waals surface area contributed by atoms with Crippen molar-refractivity contribution in [1.29, 1.82) is 0 Å². The summed E-state index contributed by atoms with van der Waals surface area (Å²) in [6.07, 6.45) is 5.40. The number of nitrogens with one attached hydrogen (secondary N) is 1. The molecule has 1 amide bonds. The molecule has 1 aromatic rings. The fourth-order valence-corrected chi connectivity index (χ4v) is 2.01. The Morgan fingerprint density at radius 2 is 1.82 bits per heavy atom. The highest BCUT2D eigenvalue weighted by Gasteiger charge is 2.04. The highest BCUT2D eigenvalue weighted by molar-refractivity contribution is 5.94. The average Bonchev–Trinajstić information content (AvgIpc) is 2.49. The van der Waals surface area contributed by atoms with Gasteiger partial charge in [-0.15, -0.1) is 12.4 Å². The molecule has 0 aliphatic rings. The Bertz CT molecular complexity index is 466. The van der Waals surface area contributed by atoms with E-state index >= 15 is 0 Å². The van der Waals surface area contributed by atoms with Gasteiger partial charge in [0.2, 0.25) is 0 Å². The zero-order valence-electron chi connectivity index (χ0n) is 13.0. The summed E-state index contributed by atoms with van der Waals surface area (Å²) in [5.41, 5.74) is 6.82. The van der Waals surface area contributed by atoms with Gasteiger partial charge in [-0.2, -0.15) is 0 Å². The largest absolute Gasteiger partial charge is 0.469 e. The molecule has 0 aliphatic heterocycles. The maximum atomic E-state index is 11.8. The molecule has 1 aromatic carbocycles. The number of rotatable bonds is 9. The topological polar surface area (TPSA) is 81.4 Å². The standard InChI is InChI=1S/C16H24N2O3.ClH/c1-21-15(19)10-5-3-2-4-6-11-18-16(20)13-8-7-9-14(17)12-13;/h7-9,12H,2-6,10-11,17H2,1H3,(H,18,20);1H. The van der Waals surface area contributed by atoms with E-state index in [1.807, 2.05) is 0 Å². The number of halogens is 1. The van der Waals surface area contributed by atoms with Gasteiger partial charge in [-0.05, 0) is 31.0 Å². The number of carbonyl (C=O) groups is 2. The zero-order chi connectivity index (χ0) is 15.5. The summed E-state index contributed by atoms with van der Waals surface area (Å²) in [6.45, 7) is 0.657. The van der Waals surface area contributed by atoms with Crippen molar-refractivity contribution in [1.82, 2.24) is 5.32 Å². The van der Waals surface area contributed by atoms with Crippen LogP contribution in [0.1, 0.15) is 48.9 Å². The third kappa shape index (κ3) is 8.52. The van der Waals surface area contributed by atoms with Crippen LogP contribution in [0.25, 0.3) is 0 Å². The predicted molar refractivity (Wildman–Crippen MR) is 90.2 cm³/mol. The third-order valence-corrected chi connectivity index (χ3v) is 3.22. The lowest BCUT2D eigenvalue weighted by Gasteiger charge is -2.06. The quantitative estimate of drug-likeness (QED) is 0.415. The third-order valence-electron chi connectivity index (χ3n) is 3.22. The lowest BCUT2D eigenvalue weighted by Crippen LogP contribution is -2.24. The molecule has 0 unspecified atom stereocenters. The fourth-order valence-electron chi connectivity index (χ4n) is 2.01. The van der Waals surface area contributed by atoms with Crippen molar-refractivity contribution in [3.05, 3.63) is 29.8 Å². The van der Waals surface area contributed by atoms with E-state index in [1.54, 1.807) is 24.3 Å². The molecule has 0 bridgehead atoms. The average molecular weight is 329 g/mol. The maximum absolute atomic E-state index is 11.8. The molecule has 1 rings (SSSR count). The molecular weight excluding hydrogens is 304 g/mol. The van der Waals surface area contributed by atoms with Gasteiger partial charge in [-0.1, -0.05) is 25.3 Å². The first-order valence-electron chi connectivity index (χ1n) is 7.34. The molecular formula is C16H25ClN2O3. The van der Waals surface area contributed by atoms with Crippen LogP contribution in [0.2, 0.25) is 0 Å². The lowest BCUT2D eigenvalue weighted by atomic mass is 10.1. The molecule has 0 aliphatic carbocycles. The van der Waals surface area contributed by atoms with Crippen LogP contribution in [-0.2, 0) is 9.53 Å². The van der Waals surface area contributed by atoms with Crippen molar-refractivity contribution < 1.29 is 14.3 Å². The van der Waals surface area contributed by atoms with Crippen molar-refractivity contribution in [2.45, 2.75) is 38.5 Å². The van der Waals surface area contributed by atoms with E-state index in [1.165, 1.54) is 7.11 Å². The molecule has 22 heavy (non-hydrogen) atoms. The van der Waals surface area contributed by atoms with Gasteiger partial charge in [0.25, 0.3) is 5.91 Å². The minimum atomic E-state index is -0.149. The van der Waals surface area contributed by atoms with Crippen LogP contribution in [-0.4, -0.2) is 25.5 Å². The SMILES string of the molecule is COC(=O)CCCCCCCNC(=O)c1cccc(N)c1.Cl. The number of amides is 1. The summed E-state index contributed by atoms with van der Waals surface area (Å²) in [4.78, 5) is 22.7. The van der Waals surface area contributed by atoms with E-state index in [0.717, 1.165) is 32.1 Å². The van der Waals surface area contributed by atoms with Crippen molar-refractivity contribution in [2.75, 3.05) is 19.4 Å². The number of carbonyl (C=O) groups excluding carboxylic acids is 2. The smallest absolute Gasteiger partial charge is 0.305 e. The Morgan fingerprint density at radius 3 is 2.50 bits per heavy atom. The van der Waals surface area contributed by atoms with Gasteiger partial charge in [0, 0.05) is 24.2 Å². The molecule has 0 saturated carbocycles. The Labute approximate surface area is 138 Å². The summed E-state index contributed by atoms with van der Waals surface area (Å²) in [5.74, 6) is -0.239. The van der Waals surface area contributed by atoms with Crippen molar-refractivity contribution >= 4 is 30.0 Å². The van der Waals surface area contributed by atoms with E-state index < -0.39 is 0 Å². The summed E-state index contributed by atoms with van der Waals surface area (Å²) in [7, 11) is 1.41. The summed E-state index contributed by atoms with van der Waals surface area (Å²) < 4.78 is 4.58. The number of benzene rings is 1. The number of anilines is 1. The van der Waals surface area contributed by atoms with Gasteiger partial charge in [0.1, 0.15) is 0 Å².